The largest absolute Gasteiger partial charge is 0.422 e. The number of anilines is 1. The van der Waals surface area contributed by atoms with Crippen LogP contribution in [0.15, 0.2) is 24.3 Å². The van der Waals surface area contributed by atoms with E-state index >= 15 is 0 Å². The Morgan fingerprint density at radius 2 is 1.82 bits per heavy atom. The smallest absolute Gasteiger partial charge is 0.361 e. The van der Waals surface area contributed by atoms with Gasteiger partial charge in [0.1, 0.15) is 5.75 Å². The molecular weight excluding hydrogens is 358 g/mol. The molecule has 0 bridgehead atoms. The lowest BCUT2D eigenvalue weighted by molar-refractivity contribution is -0.121. The molecule has 28 heavy (non-hydrogen) atoms. The zero-order chi connectivity index (χ0) is 19.3. The van der Waals surface area contributed by atoms with Crippen molar-refractivity contribution in [2.24, 2.45) is 5.92 Å². The van der Waals surface area contributed by atoms with Crippen LogP contribution in [-0.4, -0.2) is 75.6 Å². The first-order chi connectivity index (χ1) is 13.7. The molecule has 150 valence electrons. The molecule has 2 aliphatic heterocycles. The predicted octanol–water partition coefficient (Wildman–Crippen LogP) is 1.74. The number of ether oxygens (including phenoxy) is 1. The Labute approximate surface area is 164 Å². The summed E-state index contributed by atoms with van der Waals surface area (Å²) in [5, 5.41) is 16.3. The first-order valence-electron chi connectivity index (χ1n) is 9.92. The summed E-state index contributed by atoms with van der Waals surface area (Å²) in [6.07, 6.45) is 4.34. The molecule has 2 aliphatic rings. The summed E-state index contributed by atoms with van der Waals surface area (Å²) in [7, 11) is 2.19. The number of carbonyl (C=O) groups is 1. The monoisotopic (exact) mass is 385 g/mol. The molecule has 0 radical (unpaired) electrons. The number of hydrogen-bond acceptors (Lipinski definition) is 7. The SMILES string of the molecule is CN1CCC(N2CCC(C(=O)Nc3ccc(Oc4nn[nH]n4)cc3)CC2)CC1. The number of hydrogen-bond donors (Lipinski definition) is 2. The molecular formula is C19H27N7O2. The molecule has 2 N–H and O–H groups in total. The Kier molecular flexibility index (Phi) is 5.82. The highest BCUT2D eigenvalue weighted by molar-refractivity contribution is 5.92. The fraction of sp³-hybridized carbons (Fsp3) is 0.579. The van der Waals surface area contributed by atoms with Gasteiger partial charge in [-0.3, -0.25) is 4.79 Å². The van der Waals surface area contributed by atoms with Crippen molar-refractivity contribution in [2.45, 2.75) is 31.7 Å². The van der Waals surface area contributed by atoms with Crippen LogP contribution in [0.5, 0.6) is 11.8 Å². The van der Waals surface area contributed by atoms with Gasteiger partial charge >= 0.3 is 6.01 Å². The topological polar surface area (TPSA) is 99.3 Å². The third kappa shape index (κ3) is 4.66. The number of nitrogens with zero attached hydrogens (tertiary/aromatic N) is 5. The van der Waals surface area contributed by atoms with E-state index in [1.807, 2.05) is 12.1 Å². The lowest BCUT2D eigenvalue weighted by Gasteiger charge is -2.40. The van der Waals surface area contributed by atoms with Crippen LogP contribution in [0.2, 0.25) is 0 Å². The third-order valence-electron chi connectivity index (χ3n) is 5.76. The van der Waals surface area contributed by atoms with E-state index in [1.165, 1.54) is 25.9 Å². The molecule has 2 saturated heterocycles. The molecule has 2 fully saturated rings. The molecule has 0 spiro atoms. The van der Waals surface area contributed by atoms with Gasteiger partial charge in [0.15, 0.2) is 0 Å². The maximum Gasteiger partial charge on any atom is 0.361 e. The maximum absolute atomic E-state index is 12.6. The molecule has 0 unspecified atom stereocenters. The van der Waals surface area contributed by atoms with E-state index in [9.17, 15) is 4.79 Å². The summed E-state index contributed by atoms with van der Waals surface area (Å²) in [6.45, 7) is 4.39. The first kappa shape index (κ1) is 18.8. The number of aromatic nitrogens is 4. The van der Waals surface area contributed by atoms with Crippen LogP contribution in [0.3, 0.4) is 0 Å². The molecule has 1 aromatic heterocycles. The summed E-state index contributed by atoms with van der Waals surface area (Å²) >= 11 is 0. The van der Waals surface area contributed by atoms with Crippen LogP contribution in [0, 0.1) is 5.92 Å². The number of tetrazole rings is 1. The van der Waals surface area contributed by atoms with Gasteiger partial charge in [-0.2, -0.15) is 5.21 Å². The highest BCUT2D eigenvalue weighted by Gasteiger charge is 2.30. The van der Waals surface area contributed by atoms with E-state index in [0.717, 1.165) is 31.6 Å². The predicted molar refractivity (Wildman–Crippen MR) is 104 cm³/mol. The molecule has 0 saturated carbocycles. The zero-order valence-electron chi connectivity index (χ0n) is 16.2. The number of carbonyl (C=O) groups excluding carboxylic acids is 1. The van der Waals surface area contributed by atoms with E-state index in [4.69, 9.17) is 4.74 Å². The van der Waals surface area contributed by atoms with Crippen LogP contribution in [0.25, 0.3) is 0 Å². The Hall–Kier alpha value is -2.52. The Morgan fingerprint density at radius 3 is 2.46 bits per heavy atom. The number of piperidine rings is 2. The average Bonchev–Trinajstić information content (AvgIpc) is 3.23. The molecule has 4 rings (SSSR count). The minimum atomic E-state index is 0.0813. The maximum atomic E-state index is 12.6. The Balaban J connectivity index is 1.24. The van der Waals surface area contributed by atoms with Crippen LogP contribution < -0.4 is 10.1 Å². The quantitative estimate of drug-likeness (QED) is 0.809. The van der Waals surface area contributed by atoms with Crippen LogP contribution >= 0.6 is 0 Å². The van der Waals surface area contributed by atoms with Gasteiger partial charge in [0, 0.05) is 17.6 Å². The number of amides is 1. The van der Waals surface area contributed by atoms with Crippen molar-refractivity contribution in [1.82, 2.24) is 30.4 Å². The second kappa shape index (κ2) is 8.66. The number of benzene rings is 1. The van der Waals surface area contributed by atoms with Crippen molar-refractivity contribution in [2.75, 3.05) is 38.5 Å². The third-order valence-corrected chi connectivity index (χ3v) is 5.76. The van der Waals surface area contributed by atoms with Crippen molar-refractivity contribution in [3.8, 4) is 11.8 Å². The number of rotatable bonds is 5. The molecule has 0 aliphatic carbocycles. The molecule has 1 amide bonds. The van der Waals surface area contributed by atoms with Crippen molar-refractivity contribution >= 4 is 11.6 Å². The van der Waals surface area contributed by atoms with Crippen molar-refractivity contribution < 1.29 is 9.53 Å². The van der Waals surface area contributed by atoms with Gasteiger partial charge in [-0.25, -0.2) is 0 Å². The van der Waals surface area contributed by atoms with Crippen molar-refractivity contribution in [1.29, 1.82) is 0 Å². The van der Waals surface area contributed by atoms with E-state index in [-0.39, 0.29) is 17.8 Å². The summed E-state index contributed by atoms with van der Waals surface area (Å²) in [4.78, 5) is 17.6. The second-order valence-corrected chi connectivity index (χ2v) is 7.65. The van der Waals surface area contributed by atoms with E-state index < -0.39 is 0 Å². The summed E-state index contributed by atoms with van der Waals surface area (Å²) < 4.78 is 5.43. The summed E-state index contributed by atoms with van der Waals surface area (Å²) in [5.74, 6) is 0.776. The number of nitrogens with one attached hydrogen (secondary N) is 2. The van der Waals surface area contributed by atoms with Crippen LogP contribution in [0.4, 0.5) is 5.69 Å². The van der Waals surface area contributed by atoms with Gasteiger partial charge in [0.25, 0.3) is 0 Å². The highest BCUT2D eigenvalue weighted by Crippen LogP contribution is 2.25. The fourth-order valence-electron chi connectivity index (χ4n) is 4.04. The molecule has 3 heterocycles. The standard InChI is InChI=1S/C19H27N7O2/c1-25-10-8-16(9-11-25)26-12-6-14(7-13-26)18(27)20-15-2-4-17(5-3-15)28-19-21-23-24-22-19/h2-5,14,16H,6-13H2,1H3,(H,20,27)(H,21,22,23,24). The van der Waals surface area contributed by atoms with Gasteiger partial charge in [-0.1, -0.05) is 10.2 Å². The molecule has 9 heteroatoms. The zero-order valence-corrected chi connectivity index (χ0v) is 16.2. The van der Waals surface area contributed by atoms with E-state index in [1.54, 1.807) is 12.1 Å². The van der Waals surface area contributed by atoms with E-state index in [0.29, 0.717) is 11.8 Å². The summed E-state index contributed by atoms with van der Waals surface area (Å²) in [5.41, 5.74) is 0.767. The van der Waals surface area contributed by atoms with Crippen LogP contribution in [0.1, 0.15) is 25.7 Å². The number of likely N-dealkylation sites (tertiary alicyclic amines) is 2. The van der Waals surface area contributed by atoms with Crippen molar-refractivity contribution in [3.05, 3.63) is 24.3 Å². The average molecular weight is 385 g/mol. The van der Waals surface area contributed by atoms with Gasteiger partial charge < -0.3 is 19.9 Å². The number of aromatic amines is 1. The minimum Gasteiger partial charge on any atom is -0.422 e. The van der Waals surface area contributed by atoms with Crippen LogP contribution in [-0.2, 0) is 4.79 Å². The normalized spacial score (nSPS) is 20.2. The van der Waals surface area contributed by atoms with Gasteiger partial charge in [-0.05, 0) is 88.4 Å². The first-order valence-corrected chi connectivity index (χ1v) is 9.92. The molecule has 1 aromatic carbocycles. The lowest BCUT2D eigenvalue weighted by Crippen LogP contribution is -2.48. The van der Waals surface area contributed by atoms with Gasteiger partial charge in [-0.15, -0.1) is 0 Å². The van der Waals surface area contributed by atoms with Gasteiger partial charge in [0.2, 0.25) is 5.91 Å². The van der Waals surface area contributed by atoms with E-state index in [2.05, 4.69) is 42.8 Å². The van der Waals surface area contributed by atoms with Crippen molar-refractivity contribution in [3.63, 3.8) is 0 Å². The molecule has 9 nitrogen and oxygen atoms in total. The number of H-pyrrole nitrogens is 1. The highest BCUT2D eigenvalue weighted by atomic mass is 16.5. The summed E-state index contributed by atoms with van der Waals surface area (Å²) in [6, 6.07) is 8.03. The van der Waals surface area contributed by atoms with Gasteiger partial charge in [0.05, 0.1) is 0 Å². The second-order valence-electron chi connectivity index (χ2n) is 7.65. The Bertz CT molecular complexity index is 749. The lowest BCUT2D eigenvalue weighted by atomic mass is 9.93. The molecule has 0 atom stereocenters. The fourth-order valence-corrected chi connectivity index (χ4v) is 4.04. The molecule has 2 aromatic rings. The minimum absolute atomic E-state index is 0.0813. The Morgan fingerprint density at radius 1 is 1.11 bits per heavy atom.